The summed E-state index contributed by atoms with van der Waals surface area (Å²) < 4.78 is 31.8. The number of ether oxygens (including phenoxy) is 1. The van der Waals surface area contributed by atoms with Crippen molar-refractivity contribution >= 4 is 11.8 Å². The van der Waals surface area contributed by atoms with Crippen molar-refractivity contribution in [3.63, 3.8) is 0 Å². The largest absolute Gasteiger partial charge is 0.465 e. The summed E-state index contributed by atoms with van der Waals surface area (Å²) >= 11 is 0. The second kappa shape index (κ2) is 11.2. The Kier molecular flexibility index (Phi) is 8.16. The van der Waals surface area contributed by atoms with E-state index in [1.165, 1.54) is 6.07 Å². The van der Waals surface area contributed by atoms with Crippen LogP contribution >= 0.6 is 0 Å². The lowest BCUT2D eigenvalue weighted by Crippen LogP contribution is -2.42. The number of Topliss-reactive ketones (excluding diaryl/α,β-unsaturated/α-hetero) is 1. The fourth-order valence-electron chi connectivity index (χ4n) is 3.35. The normalized spacial score (nSPS) is 11.7. The highest BCUT2D eigenvalue weighted by atomic mass is 19.2. The molecule has 0 spiro atoms. The molecular formula is C25H24F2N2O3. The molecule has 0 aliphatic heterocycles. The molecule has 3 aromatic rings. The van der Waals surface area contributed by atoms with E-state index in [-0.39, 0.29) is 31.8 Å². The van der Waals surface area contributed by atoms with E-state index >= 15 is 0 Å². The average Bonchev–Trinajstić information content (AvgIpc) is 2.80. The highest BCUT2D eigenvalue weighted by Gasteiger charge is 2.21. The van der Waals surface area contributed by atoms with Crippen LogP contribution in [0.5, 0.6) is 0 Å². The number of pyridine rings is 1. The lowest BCUT2D eigenvalue weighted by Gasteiger charge is -2.18. The quantitative estimate of drug-likeness (QED) is 0.486. The first-order valence-electron chi connectivity index (χ1n) is 10.3. The Morgan fingerprint density at radius 2 is 1.75 bits per heavy atom. The zero-order valence-electron chi connectivity index (χ0n) is 17.7. The summed E-state index contributed by atoms with van der Waals surface area (Å²) in [5, 5.41) is 2.90. The lowest BCUT2D eigenvalue weighted by atomic mass is 9.96. The molecule has 3 rings (SSSR count). The van der Waals surface area contributed by atoms with Crippen molar-refractivity contribution < 1.29 is 23.1 Å². The minimum atomic E-state index is -0.982. The van der Waals surface area contributed by atoms with Crippen LogP contribution in [0.2, 0.25) is 0 Å². The minimum absolute atomic E-state index is 0.111. The summed E-state index contributed by atoms with van der Waals surface area (Å²) in [6, 6.07) is 14.1. The van der Waals surface area contributed by atoms with Gasteiger partial charge in [-0.1, -0.05) is 30.3 Å². The Morgan fingerprint density at radius 1 is 0.969 bits per heavy atom. The van der Waals surface area contributed by atoms with Crippen molar-refractivity contribution in [3.05, 3.63) is 89.8 Å². The number of halogens is 2. The van der Waals surface area contributed by atoms with Gasteiger partial charge in [-0.3, -0.25) is 19.9 Å². The first-order chi connectivity index (χ1) is 15.5. The molecule has 5 nitrogen and oxygen atoms in total. The van der Waals surface area contributed by atoms with Crippen molar-refractivity contribution in [1.82, 2.24) is 10.3 Å². The molecular weight excluding hydrogens is 414 g/mol. The predicted molar refractivity (Wildman–Crippen MR) is 117 cm³/mol. The first kappa shape index (κ1) is 23.2. The molecule has 7 heteroatoms. The summed E-state index contributed by atoms with van der Waals surface area (Å²) in [7, 11) is 0. The van der Waals surface area contributed by atoms with Gasteiger partial charge in [-0.05, 0) is 59.9 Å². The number of hydrogen-bond acceptors (Lipinski definition) is 5. The zero-order valence-corrected chi connectivity index (χ0v) is 17.7. The Labute approximate surface area is 185 Å². The number of carbonyl (C=O) groups is 2. The molecule has 1 atom stereocenters. The van der Waals surface area contributed by atoms with E-state index in [1.807, 2.05) is 36.4 Å². The molecule has 0 aliphatic carbocycles. The Bertz CT molecular complexity index is 1070. The molecule has 0 bridgehead atoms. The highest BCUT2D eigenvalue weighted by Crippen LogP contribution is 2.20. The van der Waals surface area contributed by atoms with Crippen LogP contribution in [-0.4, -0.2) is 35.9 Å². The minimum Gasteiger partial charge on any atom is -0.465 e. The fourth-order valence-corrected chi connectivity index (χ4v) is 3.35. The van der Waals surface area contributed by atoms with Crippen molar-refractivity contribution in [1.29, 1.82) is 0 Å². The summed E-state index contributed by atoms with van der Waals surface area (Å²) in [6.07, 6.45) is 3.62. The lowest BCUT2D eigenvalue weighted by molar-refractivity contribution is -0.142. The number of esters is 1. The van der Waals surface area contributed by atoms with Crippen molar-refractivity contribution in [2.45, 2.75) is 25.8 Å². The van der Waals surface area contributed by atoms with Crippen LogP contribution in [0.1, 0.15) is 18.1 Å². The molecule has 1 N–H and O–H groups in total. The monoisotopic (exact) mass is 438 g/mol. The molecule has 166 valence electrons. The van der Waals surface area contributed by atoms with E-state index in [1.54, 1.807) is 19.3 Å². The molecule has 0 saturated carbocycles. The number of carbonyl (C=O) groups excluding carboxylic acids is 2. The third-order valence-electron chi connectivity index (χ3n) is 4.93. The van der Waals surface area contributed by atoms with Crippen LogP contribution in [0.3, 0.4) is 0 Å². The molecule has 0 amide bonds. The first-order valence-corrected chi connectivity index (χ1v) is 10.3. The van der Waals surface area contributed by atoms with Gasteiger partial charge < -0.3 is 4.74 Å². The van der Waals surface area contributed by atoms with E-state index in [9.17, 15) is 18.4 Å². The topological polar surface area (TPSA) is 68.3 Å². The highest BCUT2D eigenvalue weighted by molar-refractivity contribution is 5.87. The van der Waals surface area contributed by atoms with Crippen molar-refractivity contribution in [2.24, 2.45) is 0 Å². The number of ketones is 1. The van der Waals surface area contributed by atoms with Crippen LogP contribution in [0, 0.1) is 11.6 Å². The maximum atomic E-state index is 13.6. The van der Waals surface area contributed by atoms with E-state index in [4.69, 9.17) is 4.74 Å². The van der Waals surface area contributed by atoms with Crippen molar-refractivity contribution in [3.8, 4) is 11.1 Å². The molecule has 1 heterocycles. The number of nitrogens with one attached hydrogen (secondary N) is 1. The number of benzene rings is 2. The smallest absolute Gasteiger partial charge is 0.319 e. The molecule has 0 unspecified atom stereocenters. The maximum Gasteiger partial charge on any atom is 0.319 e. The molecule has 0 saturated heterocycles. The van der Waals surface area contributed by atoms with Gasteiger partial charge >= 0.3 is 5.97 Å². The third-order valence-corrected chi connectivity index (χ3v) is 4.93. The van der Waals surface area contributed by atoms with Gasteiger partial charge in [-0.25, -0.2) is 8.78 Å². The second-order valence-electron chi connectivity index (χ2n) is 7.27. The number of aromatic nitrogens is 1. The second-order valence-corrected chi connectivity index (χ2v) is 7.27. The Morgan fingerprint density at radius 3 is 2.47 bits per heavy atom. The fraction of sp³-hybridized carbons (Fsp3) is 0.240. The Balaban J connectivity index is 1.76. The van der Waals surface area contributed by atoms with E-state index in [0.29, 0.717) is 5.56 Å². The molecule has 32 heavy (non-hydrogen) atoms. The standard InChI is InChI=1S/C25H24F2N2O3/c1-2-32-25(31)16-29-23(14-18-6-7-21(26)22(27)13-18)24(30)15-17-4-3-5-20(12-17)19-8-10-28-11-9-19/h3-13,23,29H,2,14-16H2,1H3/t23-/m0/s1. The Hall–Kier alpha value is -3.45. The summed E-state index contributed by atoms with van der Waals surface area (Å²) in [5.74, 6) is -2.60. The van der Waals surface area contributed by atoms with Crippen LogP contribution in [0.15, 0.2) is 67.0 Å². The van der Waals surface area contributed by atoms with Gasteiger partial charge in [0.05, 0.1) is 19.2 Å². The van der Waals surface area contributed by atoms with Gasteiger partial charge in [-0.2, -0.15) is 0 Å². The molecule has 1 aromatic heterocycles. The van der Waals surface area contributed by atoms with Gasteiger partial charge in [0.2, 0.25) is 0 Å². The predicted octanol–water partition coefficient (Wildman–Crippen LogP) is 3.90. The van der Waals surface area contributed by atoms with Gasteiger partial charge in [0.25, 0.3) is 0 Å². The SMILES string of the molecule is CCOC(=O)CN[C@@H](Cc1ccc(F)c(F)c1)C(=O)Cc1cccc(-c2ccncc2)c1. The van der Waals surface area contributed by atoms with Gasteiger partial charge in [0.1, 0.15) is 0 Å². The molecule has 0 fully saturated rings. The summed E-state index contributed by atoms with van der Waals surface area (Å²) in [6.45, 7) is 1.76. The molecule has 2 aromatic carbocycles. The zero-order chi connectivity index (χ0) is 22.9. The van der Waals surface area contributed by atoms with E-state index < -0.39 is 23.6 Å². The van der Waals surface area contributed by atoms with Crippen LogP contribution in [0.25, 0.3) is 11.1 Å². The summed E-state index contributed by atoms with van der Waals surface area (Å²) in [5.41, 5.74) is 3.18. The number of rotatable bonds is 10. The van der Waals surface area contributed by atoms with Crippen molar-refractivity contribution in [2.75, 3.05) is 13.2 Å². The van der Waals surface area contributed by atoms with Gasteiger partial charge in [0, 0.05) is 18.8 Å². The third kappa shape index (κ3) is 6.52. The van der Waals surface area contributed by atoms with Gasteiger partial charge in [0.15, 0.2) is 17.4 Å². The summed E-state index contributed by atoms with van der Waals surface area (Å²) in [4.78, 5) is 28.9. The molecule has 0 radical (unpaired) electrons. The van der Waals surface area contributed by atoms with Crippen LogP contribution < -0.4 is 5.32 Å². The number of hydrogen-bond donors (Lipinski definition) is 1. The van der Waals surface area contributed by atoms with E-state index in [0.717, 1.165) is 28.8 Å². The number of nitrogens with zero attached hydrogens (tertiary/aromatic N) is 1. The van der Waals surface area contributed by atoms with E-state index in [2.05, 4.69) is 10.3 Å². The molecule has 0 aliphatic rings. The van der Waals surface area contributed by atoms with Crippen LogP contribution in [0.4, 0.5) is 8.78 Å². The van der Waals surface area contributed by atoms with Gasteiger partial charge in [-0.15, -0.1) is 0 Å². The van der Waals surface area contributed by atoms with Crippen LogP contribution in [-0.2, 0) is 27.2 Å². The maximum absolute atomic E-state index is 13.6. The average molecular weight is 438 g/mol.